The molecule has 0 heterocycles. The summed E-state index contributed by atoms with van der Waals surface area (Å²) in [5.41, 5.74) is 0.373. The third-order valence-corrected chi connectivity index (χ3v) is 4.27. The molecule has 0 radical (unpaired) electrons. The van der Waals surface area contributed by atoms with Crippen molar-refractivity contribution in [3.05, 3.63) is 0 Å². The first-order chi connectivity index (χ1) is 7.25. The Hall–Kier alpha value is -0.0400. The Morgan fingerprint density at radius 3 is 1.50 bits per heavy atom. The second kappa shape index (κ2) is 5.08. The summed E-state index contributed by atoms with van der Waals surface area (Å²) in [6.45, 7) is 16.5. The minimum atomic E-state index is 0.373. The molecule has 2 atom stereocenters. The molecule has 1 rings (SSSR count). The van der Waals surface area contributed by atoms with Crippen molar-refractivity contribution in [3.63, 3.8) is 0 Å². The Morgan fingerprint density at radius 1 is 0.875 bits per heavy atom. The fraction of sp³-hybridized carbons (Fsp3) is 1.00. The Morgan fingerprint density at radius 2 is 1.25 bits per heavy atom. The minimum absolute atomic E-state index is 0.373. The predicted octanol–water partition coefficient (Wildman–Crippen LogP) is 4.08. The summed E-state index contributed by atoms with van der Waals surface area (Å²) in [5, 5.41) is 3.79. The Labute approximate surface area is 102 Å². The van der Waals surface area contributed by atoms with Crippen LogP contribution in [0.15, 0.2) is 0 Å². The average Bonchev–Trinajstić information content (AvgIpc) is 2.41. The van der Waals surface area contributed by atoms with Gasteiger partial charge in [0.15, 0.2) is 0 Å². The standard InChI is InChI=1S/C15H31N/c1-10(2)13-8-15(7,16-12(5)6)9-14(13)11(3)4/h10-14,16H,8-9H2,1-7H3. The fourth-order valence-corrected chi connectivity index (χ4v) is 3.70. The van der Waals surface area contributed by atoms with Gasteiger partial charge in [0, 0.05) is 11.6 Å². The Kier molecular flexibility index (Phi) is 4.45. The van der Waals surface area contributed by atoms with Crippen molar-refractivity contribution < 1.29 is 0 Å². The lowest BCUT2D eigenvalue weighted by Gasteiger charge is -2.29. The highest BCUT2D eigenvalue weighted by atomic mass is 15.0. The van der Waals surface area contributed by atoms with Gasteiger partial charge in [-0.25, -0.2) is 0 Å². The molecule has 0 aromatic heterocycles. The molecule has 0 aromatic rings. The summed E-state index contributed by atoms with van der Waals surface area (Å²) in [5.74, 6) is 3.44. The molecule has 1 aliphatic carbocycles. The maximum absolute atomic E-state index is 3.79. The summed E-state index contributed by atoms with van der Waals surface area (Å²) < 4.78 is 0. The van der Waals surface area contributed by atoms with Crippen LogP contribution < -0.4 is 5.32 Å². The van der Waals surface area contributed by atoms with Gasteiger partial charge in [-0.2, -0.15) is 0 Å². The van der Waals surface area contributed by atoms with E-state index in [1.165, 1.54) is 12.8 Å². The minimum Gasteiger partial charge on any atom is -0.309 e. The van der Waals surface area contributed by atoms with Crippen LogP contribution >= 0.6 is 0 Å². The van der Waals surface area contributed by atoms with Crippen molar-refractivity contribution in [3.8, 4) is 0 Å². The zero-order valence-corrected chi connectivity index (χ0v) is 12.3. The van der Waals surface area contributed by atoms with Crippen molar-refractivity contribution in [2.75, 3.05) is 0 Å². The van der Waals surface area contributed by atoms with E-state index in [2.05, 4.69) is 53.8 Å². The quantitative estimate of drug-likeness (QED) is 0.760. The monoisotopic (exact) mass is 225 g/mol. The van der Waals surface area contributed by atoms with Crippen LogP contribution in [0.4, 0.5) is 0 Å². The van der Waals surface area contributed by atoms with Crippen molar-refractivity contribution in [1.82, 2.24) is 5.32 Å². The third kappa shape index (κ3) is 3.23. The molecule has 0 bridgehead atoms. The highest BCUT2D eigenvalue weighted by Crippen LogP contribution is 2.46. The van der Waals surface area contributed by atoms with Crippen LogP contribution in [0, 0.1) is 23.7 Å². The van der Waals surface area contributed by atoms with Gasteiger partial charge in [0.05, 0.1) is 0 Å². The Balaban J connectivity index is 2.75. The summed E-state index contributed by atoms with van der Waals surface area (Å²) in [7, 11) is 0. The van der Waals surface area contributed by atoms with E-state index in [9.17, 15) is 0 Å². The van der Waals surface area contributed by atoms with E-state index in [1.807, 2.05) is 0 Å². The van der Waals surface area contributed by atoms with Crippen LogP contribution in [0.5, 0.6) is 0 Å². The highest BCUT2D eigenvalue weighted by Gasteiger charge is 2.44. The van der Waals surface area contributed by atoms with Gasteiger partial charge in [-0.05, 0) is 43.4 Å². The molecule has 96 valence electrons. The second-order valence-electron chi connectivity index (χ2n) is 7.08. The van der Waals surface area contributed by atoms with Crippen molar-refractivity contribution in [2.45, 2.75) is 72.9 Å². The van der Waals surface area contributed by atoms with Crippen LogP contribution in [0.2, 0.25) is 0 Å². The molecule has 1 fully saturated rings. The maximum atomic E-state index is 3.79. The van der Waals surface area contributed by atoms with Crippen LogP contribution in [0.1, 0.15) is 61.3 Å². The summed E-state index contributed by atoms with van der Waals surface area (Å²) >= 11 is 0. The second-order valence-corrected chi connectivity index (χ2v) is 7.08. The molecule has 1 heteroatoms. The van der Waals surface area contributed by atoms with E-state index in [1.54, 1.807) is 0 Å². The van der Waals surface area contributed by atoms with Gasteiger partial charge in [0.1, 0.15) is 0 Å². The van der Waals surface area contributed by atoms with E-state index in [4.69, 9.17) is 0 Å². The van der Waals surface area contributed by atoms with Gasteiger partial charge < -0.3 is 5.32 Å². The lowest BCUT2D eigenvalue weighted by atomic mass is 9.80. The molecule has 1 saturated carbocycles. The zero-order valence-electron chi connectivity index (χ0n) is 12.3. The zero-order chi connectivity index (χ0) is 12.5. The molecule has 0 spiro atoms. The first-order valence-electron chi connectivity index (χ1n) is 7.03. The maximum Gasteiger partial charge on any atom is 0.0161 e. The van der Waals surface area contributed by atoms with Crippen molar-refractivity contribution >= 4 is 0 Å². The first kappa shape index (κ1) is 14.0. The average molecular weight is 225 g/mol. The van der Waals surface area contributed by atoms with Crippen LogP contribution in [0.25, 0.3) is 0 Å². The largest absolute Gasteiger partial charge is 0.309 e. The molecular weight excluding hydrogens is 194 g/mol. The van der Waals surface area contributed by atoms with E-state index in [0.717, 1.165) is 23.7 Å². The van der Waals surface area contributed by atoms with Crippen molar-refractivity contribution in [2.24, 2.45) is 23.7 Å². The molecular formula is C15H31N. The smallest absolute Gasteiger partial charge is 0.0161 e. The molecule has 0 aromatic carbocycles. The summed E-state index contributed by atoms with van der Waals surface area (Å²) in [4.78, 5) is 0. The third-order valence-electron chi connectivity index (χ3n) is 4.27. The number of nitrogens with one attached hydrogen (secondary N) is 1. The lowest BCUT2D eigenvalue weighted by Crippen LogP contribution is -2.44. The molecule has 2 unspecified atom stereocenters. The van der Waals surface area contributed by atoms with Gasteiger partial charge in [-0.15, -0.1) is 0 Å². The summed E-state index contributed by atoms with van der Waals surface area (Å²) in [6.07, 6.45) is 2.71. The Bertz CT molecular complexity index is 201. The number of hydrogen-bond donors (Lipinski definition) is 1. The molecule has 0 amide bonds. The molecule has 16 heavy (non-hydrogen) atoms. The normalized spacial score (nSPS) is 35.6. The van der Waals surface area contributed by atoms with E-state index >= 15 is 0 Å². The number of rotatable bonds is 4. The van der Waals surface area contributed by atoms with Gasteiger partial charge in [0.25, 0.3) is 0 Å². The van der Waals surface area contributed by atoms with E-state index in [0.29, 0.717) is 11.6 Å². The summed E-state index contributed by atoms with van der Waals surface area (Å²) in [6, 6.07) is 0.601. The number of hydrogen-bond acceptors (Lipinski definition) is 1. The molecule has 0 saturated heterocycles. The van der Waals surface area contributed by atoms with E-state index in [-0.39, 0.29) is 0 Å². The fourth-order valence-electron chi connectivity index (χ4n) is 3.70. The van der Waals surface area contributed by atoms with Gasteiger partial charge in [0.2, 0.25) is 0 Å². The van der Waals surface area contributed by atoms with Crippen LogP contribution in [-0.4, -0.2) is 11.6 Å². The molecule has 1 nitrogen and oxygen atoms in total. The molecule has 1 N–H and O–H groups in total. The highest BCUT2D eigenvalue weighted by molar-refractivity contribution is 4.99. The van der Waals surface area contributed by atoms with Crippen LogP contribution in [-0.2, 0) is 0 Å². The lowest BCUT2D eigenvalue weighted by molar-refractivity contribution is 0.235. The molecule has 1 aliphatic rings. The predicted molar refractivity (Wildman–Crippen MR) is 72.6 cm³/mol. The first-order valence-corrected chi connectivity index (χ1v) is 7.03. The van der Waals surface area contributed by atoms with E-state index < -0.39 is 0 Å². The van der Waals surface area contributed by atoms with Crippen LogP contribution in [0.3, 0.4) is 0 Å². The molecule has 0 aliphatic heterocycles. The topological polar surface area (TPSA) is 12.0 Å². The van der Waals surface area contributed by atoms with Gasteiger partial charge in [-0.3, -0.25) is 0 Å². The SMILES string of the molecule is CC(C)NC1(C)CC(C(C)C)C(C(C)C)C1. The van der Waals surface area contributed by atoms with Gasteiger partial charge >= 0.3 is 0 Å². The van der Waals surface area contributed by atoms with Gasteiger partial charge in [-0.1, -0.05) is 41.5 Å². The van der Waals surface area contributed by atoms with Crippen molar-refractivity contribution in [1.29, 1.82) is 0 Å².